The fourth-order valence-electron chi connectivity index (χ4n) is 6.11. The van der Waals surface area contributed by atoms with E-state index in [2.05, 4.69) is 20.2 Å². The minimum Gasteiger partial charge on any atom is -0.364 e. The molecule has 2 unspecified atom stereocenters. The first-order valence-corrected chi connectivity index (χ1v) is 12.3. The molecule has 3 aromatic rings. The molecule has 3 atom stereocenters. The number of pyridine rings is 1. The Hall–Kier alpha value is -3.00. The molecule has 178 valence electrons. The fraction of sp³-hybridized carbons (Fsp3) is 0.462. The summed E-state index contributed by atoms with van der Waals surface area (Å²) in [5.41, 5.74) is 2.52. The quantitative estimate of drug-likeness (QED) is 0.624. The van der Waals surface area contributed by atoms with Crippen LogP contribution in [0.5, 0.6) is 0 Å². The molecule has 0 radical (unpaired) electrons. The van der Waals surface area contributed by atoms with Gasteiger partial charge in [0.25, 0.3) is 5.91 Å². The third-order valence-electron chi connectivity index (χ3n) is 7.81. The van der Waals surface area contributed by atoms with E-state index in [1.165, 1.54) is 31.5 Å². The second-order valence-corrected chi connectivity index (χ2v) is 9.82. The van der Waals surface area contributed by atoms with E-state index in [1.807, 2.05) is 18.3 Å². The molecule has 0 saturated carbocycles. The maximum Gasteiger partial charge on any atom is 0.255 e. The van der Waals surface area contributed by atoms with E-state index in [1.54, 1.807) is 10.7 Å². The molecule has 3 fully saturated rings. The zero-order chi connectivity index (χ0) is 23.2. The van der Waals surface area contributed by atoms with Crippen LogP contribution in [0.3, 0.4) is 0 Å². The predicted octanol–water partition coefficient (Wildman–Crippen LogP) is 4.31. The first-order valence-electron chi connectivity index (χ1n) is 12.3. The second kappa shape index (κ2) is 8.65. The smallest absolute Gasteiger partial charge is 0.255 e. The maximum absolute atomic E-state index is 14.5. The Morgan fingerprint density at radius 3 is 2.82 bits per heavy atom. The Kier molecular flexibility index (Phi) is 5.48. The number of hydrogen-bond donors (Lipinski definition) is 1. The van der Waals surface area contributed by atoms with Crippen molar-refractivity contribution in [2.24, 2.45) is 0 Å². The summed E-state index contributed by atoms with van der Waals surface area (Å²) in [6, 6.07) is 8.04. The number of hydrogen-bond acceptors (Lipinski definition) is 4. The molecule has 0 aliphatic carbocycles. The summed E-state index contributed by atoms with van der Waals surface area (Å²) < 4.78 is 30.1. The van der Waals surface area contributed by atoms with E-state index in [0.717, 1.165) is 56.0 Å². The van der Waals surface area contributed by atoms with Crippen LogP contribution in [0, 0.1) is 11.6 Å². The average molecular weight is 466 g/mol. The standard InChI is InChI=1S/C26H29F2N5O/c27-17-5-6-23(28)21(13-17)24-4-2-10-32(24)20-8-12-33-25(15-20)22(16-29-33)26(34)30-18-7-11-31-9-1-3-19(31)14-18/h5-6,8,12-13,15-16,18-19,24H,1-4,7,9-11,14H2,(H,30,34)/t18?,19?,24-/m1/s1. The van der Waals surface area contributed by atoms with Gasteiger partial charge in [0.1, 0.15) is 11.6 Å². The monoisotopic (exact) mass is 465 g/mol. The molecule has 1 amide bonds. The summed E-state index contributed by atoms with van der Waals surface area (Å²) >= 11 is 0. The number of anilines is 1. The lowest BCUT2D eigenvalue weighted by Gasteiger charge is -2.35. The molecule has 0 bridgehead atoms. The van der Waals surface area contributed by atoms with Crippen LogP contribution in [-0.2, 0) is 0 Å². The highest BCUT2D eigenvalue weighted by Crippen LogP contribution is 2.38. The topological polar surface area (TPSA) is 52.9 Å². The molecule has 3 aliphatic heterocycles. The van der Waals surface area contributed by atoms with Crippen LogP contribution in [0.1, 0.15) is 60.5 Å². The van der Waals surface area contributed by atoms with Gasteiger partial charge in [-0.15, -0.1) is 0 Å². The Morgan fingerprint density at radius 2 is 1.91 bits per heavy atom. The van der Waals surface area contributed by atoms with Crippen LogP contribution in [-0.4, -0.2) is 52.1 Å². The van der Waals surface area contributed by atoms with Gasteiger partial charge in [-0.25, -0.2) is 13.3 Å². The number of fused-ring (bicyclic) bond motifs is 2. The van der Waals surface area contributed by atoms with Crippen LogP contribution in [0.15, 0.2) is 42.7 Å². The Morgan fingerprint density at radius 1 is 1.03 bits per heavy atom. The normalized spacial score (nSPS) is 25.1. The van der Waals surface area contributed by atoms with Gasteiger partial charge >= 0.3 is 0 Å². The van der Waals surface area contributed by atoms with Gasteiger partial charge < -0.3 is 15.1 Å². The van der Waals surface area contributed by atoms with Gasteiger partial charge in [0.05, 0.1) is 23.3 Å². The minimum absolute atomic E-state index is 0.0993. The third-order valence-corrected chi connectivity index (χ3v) is 7.81. The van der Waals surface area contributed by atoms with E-state index >= 15 is 0 Å². The average Bonchev–Trinajstić information content (AvgIpc) is 3.59. The molecular weight excluding hydrogens is 436 g/mol. The molecule has 5 heterocycles. The SMILES string of the molecule is O=C(NC1CCN2CCCC2C1)c1cnn2ccc(N3CCC[C@@H]3c3cc(F)ccc3F)cc12. The minimum atomic E-state index is -0.433. The zero-order valence-electron chi connectivity index (χ0n) is 19.1. The molecule has 3 saturated heterocycles. The lowest BCUT2D eigenvalue weighted by molar-refractivity contribution is 0.0898. The summed E-state index contributed by atoms with van der Waals surface area (Å²) in [4.78, 5) is 17.8. The molecule has 1 aromatic carbocycles. The highest BCUT2D eigenvalue weighted by Gasteiger charge is 2.33. The molecule has 1 N–H and O–H groups in total. The molecule has 2 aromatic heterocycles. The summed E-state index contributed by atoms with van der Waals surface area (Å²) in [5.74, 6) is -0.924. The lowest BCUT2D eigenvalue weighted by atomic mass is 9.97. The second-order valence-electron chi connectivity index (χ2n) is 9.82. The van der Waals surface area contributed by atoms with Gasteiger partial charge in [-0.1, -0.05) is 0 Å². The number of nitrogens with zero attached hydrogens (tertiary/aromatic N) is 4. The van der Waals surface area contributed by atoms with E-state index in [4.69, 9.17) is 0 Å². The van der Waals surface area contributed by atoms with E-state index in [0.29, 0.717) is 17.2 Å². The molecule has 6 rings (SSSR count). The Balaban J connectivity index is 1.25. The van der Waals surface area contributed by atoms with E-state index < -0.39 is 11.6 Å². The van der Waals surface area contributed by atoms with E-state index in [9.17, 15) is 13.6 Å². The van der Waals surface area contributed by atoms with Gasteiger partial charge in [-0.3, -0.25) is 4.79 Å². The van der Waals surface area contributed by atoms with Crippen molar-refractivity contribution in [2.45, 2.75) is 56.7 Å². The molecule has 6 nitrogen and oxygen atoms in total. The number of nitrogens with one attached hydrogen (secondary N) is 1. The van der Waals surface area contributed by atoms with Crippen molar-refractivity contribution in [1.29, 1.82) is 0 Å². The molecular formula is C26H29F2N5O. The van der Waals surface area contributed by atoms with Gasteiger partial charge in [-0.2, -0.15) is 5.10 Å². The van der Waals surface area contributed by atoms with Crippen molar-refractivity contribution in [3.63, 3.8) is 0 Å². The van der Waals surface area contributed by atoms with Crippen LogP contribution < -0.4 is 10.2 Å². The number of aromatic nitrogens is 2. The van der Waals surface area contributed by atoms with Crippen LogP contribution in [0.25, 0.3) is 5.52 Å². The number of benzene rings is 1. The summed E-state index contributed by atoms with van der Waals surface area (Å²) in [6.45, 7) is 2.97. The maximum atomic E-state index is 14.5. The number of carbonyl (C=O) groups is 1. The number of piperidine rings is 1. The molecule has 8 heteroatoms. The summed E-state index contributed by atoms with van der Waals surface area (Å²) in [7, 11) is 0. The molecule has 3 aliphatic rings. The number of amides is 1. The van der Waals surface area contributed by atoms with Gasteiger partial charge in [0, 0.05) is 42.6 Å². The largest absolute Gasteiger partial charge is 0.364 e. The van der Waals surface area contributed by atoms with Crippen LogP contribution >= 0.6 is 0 Å². The number of rotatable bonds is 4. The van der Waals surface area contributed by atoms with Gasteiger partial charge in [0.15, 0.2) is 0 Å². The predicted molar refractivity (Wildman–Crippen MR) is 126 cm³/mol. The zero-order valence-corrected chi connectivity index (χ0v) is 19.1. The molecule has 34 heavy (non-hydrogen) atoms. The Labute approximate surface area is 197 Å². The summed E-state index contributed by atoms with van der Waals surface area (Å²) in [5, 5.41) is 7.62. The number of carbonyl (C=O) groups excluding carboxylic acids is 1. The molecule has 0 spiro atoms. The van der Waals surface area contributed by atoms with Gasteiger partial charge in [-0.05, 0) is 75.4 Å². The highest BCUT2D eigenvalue weighted by atomic mass is 19.1. The first kappa shape index (κ1) is 21.5. The third kappa shape index (κ3) is 3.83. The van der Waals surface area contributed by atoms with Crippen molar-refractivity contribution in [3.05, 3.63) is 65.5 Å². The first-order chi connectivity index (χ1) is 16.6. The van der Waals surface area contributed by atoms with Crippen LogP contribution in [0.2, 0.25) is 0 Å². The van der Waals surface area contributed by atoms with Crippen molar-refractivity contribution in [1.82, 2.24) is 19.8 Å². The fourth-order valence-corrected chi connectivity index (χ4v) is 6.11. The van der Waals surface area contributed by atoms with Crippen molar-refractivity contribution >= 4 is 17.1 Å². The van der Waals surface area contributed by atoms with E-state index in [-0.39, 0.29) is 18.0 Å². The van der Waals surface area contributed by atoms with Gasteiger partial charge in [0.2, 0.25) is 0 Å². The van der Waals surface area contributed by atoms with Crippen molar-refractivity contribution < 1.29 is 13.6 Å². The van der Waals surface area contributed by atoms with Crippen molar-refractivity contribution in [2.75, 3.05) is 24.5 Å². The van der Waals surface area contributed by atoms with Crippen molar-refractivity contribution in [3.8, 4) is 0 Å². The number of halogens is 2. The highest BCUT2D eigenvalue weighted by molar-refractivity contribution is 6.01. The summed E-state index contributed by atoms with van der Waals surface area (Å²) in [6.07, 6.45) is 9.53. The van der Waals surface area contributed by atoms with Crippen LogP contribution in [0.4, 0.5) is 14.5 Å². The Bertz CT molecular complexity index is 1230. The lowest BCUT2D eigenvalue weighted by Crippen LogP contribution is -2.47.